The van der Waals surface area contributed by atoms with Crippen molar-refractivity contribution < 1.29 is 18.9 Å². The van der Waals surface area contributed by atoms with Crippen molar-refractivity contribution in [3.8, 4) is 0 Å². The van der Waals surface area contributed by atoms with Gasteiger partial charge < -0.3 is 24.7 Å². The summed E-state index contributed by atoms with van der Waals surface area (Å²) in [5, 5.41) is 0. The van der Waals surface area contributed by atoms with Crippen molar-refractivity contribution in [2.75, 3.05) is 13.2 Å². The minimum absolute atomic E-state index is 0.246. The largest absolute Gasteiger partial charge is 0.374 e. The third kappa shape index (κ3) is 6.25. The van der Waals surface area contributed by atoms with Gasteiger partial charge in [-0.2, -0.15) is 0 Å². The molecule has 0 spiro atoms. The van der Waals surface area contributed by atoms with E-state index in [4.69, 9.17) is 24.7 Å². The van der Waals surface area contributed by atoms with Crippen LogP contribution in [-0.4, -0.2) is 37.6 Å². The number of benzene rings is 3. The van der Waals surface area contributed by atoms with Gasteiger partial charge in [0, 0.05) is 6.54 Å². The summed E-state index contributed by atoms with van der Waals surface area (Å²) in [6.07, 6.45) is -1.04. The van der Waals surface area contributed by atoms with Gasteiger partial charge in [0.2, 0.25) is 0 Å². The molecule has 1 fully saturated rings. The van der Waals surface area contributed by atoms with Crippen molar-refractivity contribution in [2.45, 2.75) is 44.2 Å². The molecule has 1 saturated heterocycles. The maximum atomic E-state index is 6.35. The van der Waals surface area contributed by atoms with Crippen molar-refractivity contribution in [3.63, 3.8) is 0 Å². The van der Waals surface area contributed by atoms with Crippen LogP contribution >= 0.6 is 0 Å². The molecule has 0 aromatic heterocycles. The first-order valence-corrected chi connectivity index (χ1v) is 11.1. The zero-order valence-electron chi connectivity index (χ0n) is 18.2. The minimum atomic E-state index is -0.275. The smallest absolute Gasteiger partial charge is 0.115 e. The van der Waals surface area contributed by atoms with Gasteiger partial charge in [-0.1, -0.05) is 91.0 Å². The molecule has 3 aromatic carbocycles. The molecule has 4 atom stereocenters. The molecule has 1 heterocycles. The van der Waals surface area contributed by atoms with Crippen molar-refractivity contribution >= 4 is 0 Å². The van der Waals surface area contributed by atoms with Gasteiger partial charge in [0.05, 0.1) is 32.5 Å². The van der Waals surface area contributed by atoms with E-state index in [2.05, 4.69) is 12.1 Å². The summed E-state index contributed by atoms with van der Waals surface area (Å²) in [4.78, 5) is 0. The fourth-order valence-corrected chi connectivity index (χ4v) is 3.93. The van der Waals surface area contributed by atoms with Gasteiger partial charge in [-0.3, -0.25) is 0 Å². The number of ether oxygens (including phenoxy) is 4. The van der Waals surface area contributed by atoms with Gasteiger partial charge in [-0.15, -0.1) is 0 Å². The van der Waals surface area contributed by atoms with Crippen LogP contribution in [0.25, 0.3) is 0 Å². The molecule has 0 saturated carbocycles. The number of nitrogens with two attached hydrogens (primary N) is 1. The van der Waals surface area contributed by atoms with Gasteiger partial charge in [0.25, 0.3) is 0 Å². The Kier molecular flexibility index (Phi) is 8.42. The molecular weight excluding hydrogens is 402 g/mol. The number of hydrogen-bond donors (Lipinski definition) is 1. The Bertz CT molecular complexity index is 907. The fourth-order valence-electron chi connectivity index (χ4n) is 3.93. The van der Waals surface area contributed by atoms with Gasteiger partial charge in [-0.25, -0.2) is 0 Å². The summed E-state index contributed by atoms with van der Waals surface area (Å²) in [5.74, 6) is 0. The fraction of sp³-hybridized carbons (Fsp3) is 0.333. The van der Waals surface area contributed by atoms with E-state index in [1.807, 2.05) is 78.9 Å². The highest BCUT2D eigenvalue weighted by Gasteiger charge is 2.45. The standard InChI is InChI=1S/C27H31NO4/c28-16-24-26(30-18-22-12-6-2-7-13-22)27(31-19-23-14-8-3-9-15-23)25(32-24)20-29-17-21-10-4-1-5-11-21/h1-15,24-27H,16-20,28H2/t24-,25+,26-,27+/m0/s1. The SMILES string of the molecule is NC[C@@H]1O[C@H](COCc2ccccc2)[C@@H](OCc2ccccc2)[C@H]1OCc1ccccc1. The van der Waals surface area contributed by atoms with Crippen LogP contribution < -0.4 is 5.73 Å². The Hall–Kier alpha value is -2.54. The van der Waals surface area contributed by atoms with Gasteiger partial charge in [0.15, 0.2) is 0 Å². The quantitative estimate of drug-likeness (QED) is 0.493. The predicted molar refractivity (Wildman–Crippen MR) is 124 cm³/mol. The average molecular weight is 434 g/mol. The van der Waals surface area contributed by atoms with E-state index in [0.29, 0.717) is 33.0 Å². The van der Waals surface area contributed by atoms with E-state index in [1.165, 1.54) is 0 Å². The molecular formula is C27H31NO4. The van der Waals surface area contributed by atoms with Crippen LogP contribution in [0.15, 0.2) is 91.0 Å². The monoisotopic (exact) mass is 433 g/mol. The summed E-state index contributed by atoms with van der Waals surface area (Å²) < 4.78 is 24.9. The Morgan fingerprint density at radius 3 is 1.50 bits per heavy atom. The van der Waals surface area contributed by atoms with Crippen LogP contribution in [-0.2, 0) is 38.8 Å². The summed E-state index contributed by atoms with van der Waals surface area (Å²) in [6, 6.07) is 30.3. The third-order valence-electron chi connectivity index (χ3n) is 5.60. The van der Waals surface area contributed by atoms with E-state index in [9.17, 15) is 0 Å². The van der Waals surface area contributed by atoms with Crippen molar-refractivity contribution in [2.24, 2.45) is 5.73 Å². The molecule has 168 valence electrons. The van der Waals surface area contributed by atoms with Crippen LogP contribution in [0, 0.1) is 0 Å². The first kappa shape index (κ1) is 22.6. The van der Waals surface area contributed by atoms with Crippen LogP contribution in [0.2, 0.25) is 0 Å². The molecule has 2 N–H and O–H groups in total. The van der Waals surface area contributed by atoms with Crippen molar-refractivity contribution in [1.82, 2.24) is 0 Å². The molecule has 0 amide bonds. The second kappa shape index (κ2) is 11.9. The Balaban J connectivity index is 1.42. The molecule has 5 nitrogen and oxygen atoms in total. The van der Waals surface area contributed by atoms with Gasteiger partial charge in [0.1, 0.15) is 18.3 Å². The van der Waals surface area contributed by atoms with Crippen LogP contribution in [0.3, 0.4) is 0 Å². The maximum Gasteiger partial charge on any atom is 0.115 e. The van der Waals surface area contributed by atoms with Crippen molar-refractivity contribution in [3.05, 3.63) is 108 Å². The van der Waals surface area contributed by atoms with E-state index in [-0.39, 0.29) is 24.4 Å². The molecule has 0 unspecified atom stereocenters. The lowest BCUT2D eigenvalue weighted by Crippen LogP contribution is -2.40. The lowest BCUT2D eigenvalue weighted by molar-refractivity contribution is -0.0897. The topological polar surface area (TPSA) is 62.9 Å². The Morgan fingerprint density at radius 1 is 0.594 bits per heavy atom. The molecule has 1 aliphatic heterocycles. The molecule has 0 aliphatic carbocycles. The summed E-state index contributed by atoms with van der Waals surface area (Å²) in [6.45, 7) is 2.26. The molecule has 3 aromatic rings. The van der Waals surface area contributed by atoms with Crippen LogP contribution in [0.1, 0.15) is 16.7 Å². The van der Waals surface area contributed by atoms with Crippen molar-refractivity contribution in [1.29, 1.82) is 0 Å². The first-order valence-electron chi connectivity index (χ1n) is 11.1. The second-order valence-corrected chi connectivity index (χ2v) is 7.97. The lowest BCUT2D eigenvalue weighted by Gasteiger charge is -2.25. The first-order chi connectivity index (χ1) is 15.8. The predicted octanol–water partition coefficient (Wildman–Crippen LogP) is 4.10. The normalized spacial score (nSPS) is 22.8. The lowest BCUT2D eigenvalue weighted by atomic mass is 10.1. The summed E-state index contributed by atoms with van der Waals surface area (Å²) in [7, 11) is 0. The number of hydrogen-bond acceptors (Lipinski definition) is 5. The van der Waals surface area contributed by atoms with E-state index < -0.39 is 0 Å². The average Bonchev–Trinajstić information content (AvgIpc) is 3.19. The van der Waals surface area contributed by atoms with Gasteiger partial charge in [-0.05, 0) is 16.7 Å². The molecule has 4 rings (SSSR count). The Morgan fingerprint density at radius 2 is 1.03 bits per heavy atom. The third-order valence-corrected chi connectivity index (χ3v) is 5.60. The summed E-state index contributed by atoms with van der Waals surface area (Å²) in [5.41, 5.74) is 9.38. The highest BCUT2D eigenvalue weighted by atomic mass is 16.6. The molecule has 1 aliphatic rings. The zero-order valence-corrected chi connectivity index (χ0v) is 18.2. The highest BCUT2D eigenvalue weighted by molar-refractivity contribution is 5.15. The highest BCUT2D eigenvalue weighted by Crippen LogP contribution is 2.28. The summed E-state index contributed by atoms with van der Waals surface area (Å²) >= 11 is 0. The molecule has 32 heavy (non-hydrogen) atoms. The molecule has 5 heteroatoms. The van der Waals surface area contributed by atoms with Gasteiger partial charge >= 0.3 is 0 Å². The zero-order chi connectivity index (χ0) is 22.0. The van der Waals surface area contributed by atoms with E-state index in [1.54, 1.807) is 0 Å². The second-order valence-electron chi connectivity index (χ2n) is 7.97. The Labute approximate surface area is 190 Å². The minimum Gasteiger partial charge on any atom is -0.374 e. The maximum absolute atomic E-state index is 6.35. The van der Waals surface area contributed by atoms with Crippen LogP contribution in [0.4, 0.5) is 0 Å². The van der Waals surface area contributed by atoms with Crippen LogP contribution in [0.5, 0.6) is 0 Å². The molecule has 0 bridgehead atoms. The van der Waals surface area contributed by atoms with E-state index in [0.717, 1.165) is 16.7 Å². The number of rotatable bonds is 11. The molecule has 0 radical (unpaired) electrons. The van der Waals surface area contributed by atoms with E-state index >= 15 is 0 Å².